The second-order valence-corrected chi connectivity index (χ2v) is 11.4. The third kappa shape index (κ3) is 5.19. The SMILES string of the molecule is C[C@@H]1CC[C@H](C(=O)N[C@@H](c2cc(F)c(Cl)cc2F)C2COC2)N1C(=O)c1cccc(S(C)(=O)=O)c1. The molecule has 2 aromatic rings. The van der Waals surface area contributed by atoms with Gasteiger partial charge in [-0.25, -0.2) is 17.2 Å². The number of halogens is 3. The summed E-state index contributed by atoms with van der Waals surface area (Å²) in [7, 11) is -3.53. The third-order valence-corrected chi connectivity index (χ3v) is 7.92. The number of rotatable bonds is 6. The fourth-order valence-corrected chi connectivity index (χ4v) is 5.33. The van der Waals surface area contributed by atoms with Gasteiger partial charge in [0.05, 0.1) is 29.2 Å². The predicted octanol–water partition coefficient (Wildman–Crippen LogP) is 3.52. The Hall–Kier alpha value is -2.56. The summed E-state index contributed by atoms with van der Waals surface area (Å²) in [4.78, 5) is 28.1. The highest BCUT2D eigenvalue weighted by atomic mass is 35.5. The minimum absolute atomic E-state index is 0.00138. The van der Waals surface area contributed by atoms with E-state index in [4.69, 9.17) is 16.3 Å². The van der Waals surface area contributed by atoms with Crippen molar-refractivity contribution in [3.05, 3.63) is 64.2 Å². The highest BCUT2D eigenvalue weighted by Crippen LogP contribution is 2.34. The topological polar surface area (TPSA) is 92.8 Å². The van der Waals surface area contributed by atoms with Crippen LogP contribution >= 0.6 is 11.6 Å². The number of hydrogen-bond acceptors (Lipinski definition) is 5. The number of carbonyl (C=O) groups is 2. The molecule has 11 heteroatoms. The van der Waals surface area contributed by atoms with E-state index < -0.39 is 45.4 Å². The highest BCUT2D eigenvalue weighted by molar-refractivity contribution is 7.90. The number of carbonyl (C=O) groups excluding carboxylic acids is 2. The lowest BCUT2D eigenvalue weighted by Gasteiger charge is -2.36. The molecule has 0 spiro atoms. The monoisotopic (exact) mass is 526 g/mol. The van der Waals surface area contributed by atoms with Crippen LogP contribution in [-0.4, -0.2) is 56.7 Å². The molecular weight excluding hydrogens is 502 g/mol. The lowest BCUT2D eigenvalue weighted by atomic mass is 9.90. The average Bonchev–Trinajstić information content (AvgIpc) is 3.15. The molecule has 0 bridgehead atoms. The number of benzene rings is 2. The lowest BCUT2D eigenvalue weighted by molar-refractivity contribution is -0.128. The van der Waals surface area contributed by atoms with Crippen LogP contribution in [0.15, 0.2) is 41.3 Å². The number of sulfone groups is 1. The maximum absolute atomic E-state index is 14.7. The summed E-state index contributed by atoms with van der Waals surface area (Å²) in [5.74, 6) is -2.82. The molecule has 2 aliphatic heterocycles. The second-order valence-electron chi connectivity index (χ2n) is 9.03. The molecular formula is C24H25ClF2N2O5S. The summed E-state index contributed by atoms with van der Waals surface area (Å²) in [5.41, 5.74) is 0.104. The van der Waals surface area contributed by atoms with E-state index in [0.29, 0.717) is 12.8 Å². The summed E-state index contributed by atoms with van der Waals surface area (Å²) < 4.78 is 57.9. The van der Waals surface area contributed by atoms with E-state index >= 15 is 0 Å². The van der Waals surface area contributed by atoms with Crippen LogP contribution < -0.4 is 5.32 Å². The Labute approximate surface area is 207 Å². The van der Waals surface area contributed by atoms with Crippen LogP contribution in [0.2, 0.25) is 5.02 Å². The van der Waals surface area contributed by atoms with E-state index in [1.165, 1.54) is 29.2 Å². The maximum atomic E-state index is 14.7. The van der Waals surface area contributed by atoms with Crippen LogP contribution in [0, 0.1) is 17.6 Å². The molecule has 2 fully saturated rings. The molecule has 2 aromatic carbocycles. The van der Waals surface area contributed by atoms with E-state index in [-0.39, 0.29) is 46.2 Å². The molecule has 2 aliphatic rings. The number of ether oxygens (including phenoxy) is 1. The molecule has 188 valence electrons. The summed E-state index contributed by atoms with van der Waals surface area (Å²) in [6.45, 7) is 2.32. The Morgan fingerprint density at radius 2 is 1.86 bits per heavy atom. The highest BCUT2D eigenvalue weighted by Gasteiger charge is 2.42. The van der Waals surface area contributed by atoms with Gasteiger partial charge in [-0.2, -0.15) is 0 Å². The van der Waals surface area contributed by atoms with Crippen molar-refractivity contribution < 1.29 is 31.5 Å². The first-order valence-corrected chi connectivity index (χ1v) is 13.4. The Balaban J connectivity index is 1.60. The van der Waals surface area contributed by atoms with Crippen LogP contribution in [0.3, 0.4) is 0 Å². The van der Waals surface area contributed by atoms with Crippen molar-refractivity contribution in [2.24, 2.45) is 5.92 Å². The molecule has 4 rings (SSSR count). The first kappa shape index (κ1) is 25.5. The summed E-state index contributed by atoms with van der Waals surface area (Å²) in [6, 6.07) is 5.49. The Morgan fingerprint density at radius 3 is 2.49 bits per heavy atom. The van der Waals surface area contributed by atoms with Crippen LogP contribution in [0.1, 0.15) is 41.7 Å². The average molecular weight is 527 g/mol. The van der Waals surface area contributed by atoms with Gasteiger partial charge in [-0.05, 0) is 50.1 Å². The minimum atomic E-state index is -3.53. The molecule has 2 amide bonds. The lowest BCUT2D eigenvalue weighted by Crippen LogP contribution is -2.51. The van der Waals surface area contributed by atoms with E-state index in [1.807, 2.05) is 0 Å². The van der Waals surface area contributed by atoms with Crippen molar-refractivity contribution in [2.45, 2.75) is 42.8 Å². The smallest absolute Gasteiger partial charge is 0.254 e. The number of likely N-dealkylation sites (tertiary alicyclic amines) is 1. The first-order valence-electron chi connectivity index (χ1n) is 11.1. The molecule has 3 atom stereocenters. The quantitative estimate of drug-likeness (QED) is 0.581. The van der Waals surface area contributed by atoms with Crippen molar-refractivity contribution in [1.29, 1.82) is 0 Å². The summed E-state index contributed by atoms with van der Waals surface area (Å²) in [6.07, 6.45) is 1.97. The second kappa shape index (κ2) is 9.83. The van der Waals surface area contributed by atoms with Crippen molar-refractivity contribution in [2.75, 3.05) is 19.5 Å². The molecule has 0 saturated carbocycles. The summed E-state index contributed by atoms with van der Waals surface area (Å²) in [5, 5.41) is 2.44. The Kier molecular flexibility index (Phi) is 7.17. The molecule has 2 saturated heterocycles. The zero-order chi connectivity index (χ0) is 25.5. The van der Waals surface area contributed by atoms with Gasteiger partial charge >= 0.3 is 0 Å². The van der Waals surface area contributed by atoms with Gasteiger partial charge in [0.25, 0.3) is 5.91 Å². The normalized spacial score (nSPS) is 21.5. The third-order valence-electron chi connectivity index (χ3n) is 6.52. The van der Waals surface area contributed by atoms with Gasteiger partial charge in [0.1, 0.15) is 17.7 Å². The van der Waals surface area contributed by atoms with Gasteiger partial charge in [-0.3, -0.25) is 9.59 Å². The molecule has 0 radical (unpaired) electrons. The largest absolute Gasteiger partial charge is 0.381 e. The number of nitrogens with zero attached hydrogens (tertiary/aromatic N) is 1. The predicted molar refractivity (Wildman–Crippen MR) is 125 cm³/mol. The Morgan fingerprint density at radius 1 is 1.14 bits per heavy atom. The van der Waals surface area contributed by atoms with Crippen molar-refractivity contribution in [1.82, 2.24) is 10.2 Å². The van der Waals surface area contributed by atoms with Crippen LogP contribution in [0.5, 0.6) is 0 Å². The van der Waals surface area contributed by atoms with Crippen molar-refractivity contribution in [3.8, 4) is 0 Å². The first-order chi connectivity index (χ1) is 16.5. The molecule has 35 heavy (non-hydrogen) atoms. The van der Waals surface area contributed by atoms with E-state index in [1.54, 1.807) is 6.92 Å². The van der Waals surface area contributed by atoms with Crippen LogP contribution in [0.4, 0.5) is 8.78 Å². The van der Waals surface area contributed by atoms with Crippen molar-refractivity contribution >= 4 is 33.3 Å². The number of hydrogen-bond donors (Lipinski definition) is 1. The minimum Gasteiger partial charge on any atom is -0.381 e. The zero-order valence-electron chi connectivity index (χ0n) is 19.1. The maximum Gasteiger partial charge on any atom is 0.254 e. The van der Waals surface area contributed by atoms with Crippen LogP contribution in [-0.2, 0) is 19.4 Å². The summed E-state index contributed by atoms with van der Waals surface area (Å²) >= 11 is 5.69. The number of nitrogens with one attached hydrogen (secondary N) is 1. The standard InChI is InChI=1S/C24H25ClF2N2O5S/c1-13-6-7-21(29(13)24(31)14-4-3-5-16(8-14)35(2,32)33)23(30)28-22(15-11-34-12-15)17-9-20(27)18(25)10-19(17)26/h3-5,8-10,13,15,21-22H,6-7,11-12H2,1-2H3,(H,28,30)/t13-,21-,22-/m1/s1. The van der Waals surface area contributed by atoms with E-state index in [0.717, 1.165) is 18.4 Å². The van der Waals surface area contributed by atoms with Gasteiger partial charge < -0.3 is 15.0 Å². The Bertz CT molecular complexity index is 1270. The fourth-order valence-electron chi connectivity index (χ4n) is 4.51. The van der Waals surface area contributed by atoms with Gasteiger partial charge in [-0.15, -0.1) is 0 Å². The molecule has 0 unspecified atom stereocenters. The van der Waals surface area contributed by atoms with Gasteiger partial charge in [0, 0.05) is 29.3 Å². The number of amides is 2. The van der Waals surface area contributed by atoms with E-state index in [2.05, 4.69) is 5.32 Å². The fraction of sp³-hybridized carbons (Fsp3) is 0.417. The van der Waals surface area contributed by atoms with E-state index in [9.17, 15) is 26.8 Å². The molecule has 0 aliphatic carbocycles. The zero-order valence-corrected chi connectivity index (χ0v) is 20.7. The van der Waals surface area contributed by atoms with Gasteiger partial charge in [0.15, 0.2) is 9.84 Å². The molecule has 7 nitrogen and oxygen atoms in total. The molecule has 0 aromatic heterocycles. The van der Waals surface area contributed by atoms with Gasteiger partial charge in [0.2, 0.25) is 5.91 Å². The molecule has 1 N–H and O–H groups in total. The molecule has 2 heterocycles. The van der Waals surface area contributed by atoms with Gasteiger partial charge in [-0.1, -0.05) is 17.7 Å². The van der Waals surface area contributed by atoms with Crippen molar-refractivity contribution in [3.63, 3.8) is 0 Å². The van der Waals surface area contributed by atoms with Crippen LogP contribution in [0.25, 0.3) is 0 Å².